The van der Waals surface area contributed by atoms with Gasteiger partial charge in [0.1, 0.15) is 0 Å². The molecule has 0 atom stereocenters. The van der Waals surface area contributed by atoms with Crippen LogP contribution < -0.4 is 5.32 Å². The average molecular weight is 277 g/mol. The number of thiocarbonyl (C=S) groups is 1. The van der Waals surface area contributed by atoms with Crippen LogP contribution in [0.5, 0.6) is 0 Å². The molecule has 1 aromatic rings. The monoisotopic (exact) mass is 277 g/mol. The Balaban J connectivity index is 1.98. The quantitative estimate of drug-likeness (QED) is 0.837. The molecular formula is C15H23N3S. The highest BCUT2D eigenvalue weighted by atomic mass is 32.1. The Bertz CT molecular complexity index is 430. The number of piperazine rings is 1. The first-order valence-corrected chi connectivity index (χ1v) is 7.37. The standard InChI is InChI=1S/C15H23N3S/c1-4-17-8-10-18(11-9-17)15(19)16-14-12(2)6-5-7-13(14)3/h5-7H,4,8-11H2,1-3H3,(H,16,19). The molecular weight excluding hydrogens is 254 g/mol. The van der Waals surface area contributed by atoms with Gasteiger partial charge in [-0.15, -0.1) is 0 Å². The van der Waals surface area contributed by atoms with E-state index in [0.29, 0.717) is 0 Å². The number of hydrogen-bond donors (Lipinski definition) is 1. The molecule has 19 heavy (non-hydrogen) atoms. The largest absolute Gasteiger partial charge is 0.346 e. The van der Waals surface area contributed by atoms with Crippen LogP contribution in [0, 0.1) is 13.8 Å². The highest BCUT2D eigenvalue weighted by Gasteiger charge is 2.18. The summed E-state index contributed by atoms with van der Waals surface area (Å²) < 4.78 is 0. The number of nitrogens with zero attached hydrogens (tertiary/aromatic N) is 2. The second kappa shape index (κ2) is 6.35. The Hall–Kier alpha value is -1.13. The summed E-state index contributed by atoms with van der Waals surface area (Å²) in [6.07, 6.45) is 0. The van der Waals surface area contributed by atoms with Gasteiger partial charge in [0.15, 0.2) is 5.11 Å². The molecule has 3 nitrogen and oxygen atoms in total. The molecule has 4 heteroatoms. The van der Waals surface area contributed by atoms with Crippen molar-refractivity contribution in [2.45, 2.75) is 20.8 Å². The van der Waals surface area contributed by atoms with Gasteiger partial charge in [-0.2, -0.15) is 0 Å². The Kier molecular flexibility index (Phi) is 4.77. The summed E-state index contributed by atoms with van der Waals surface area (Å²) in [5.74, 6) is 0. The van der Waals surface area contributed by atoms with Gasteiger partial charge in [0.25, 0.3) is 0 Å². The Morgan fingerprint density at radius 3 is 2.26 bits per heavy atom. The van der Waals surface area contributed by atoms with Crippen LogP contribution in [-0.4, -0.2) is 47.6 Å². The van der Waals surface area contributed by atoms with Gasteiger partial charge in [-0.1, -0.05) is 25.1 Å². The zero-order chi connectivity index (χ0) is 13.8. The predicted octanol–water partition coefficient (Wildman–Crippen LogP) is 2.64. The van der Waals surface area contributed by atoms with Crippen molar-refractivity contribution in [1.29, 1.82) is 0 Å². The van der Waals surface area contributed by atoms with E-state index in [1.807, 2.05) is 0 Å². The average Bonchev–Trinajstić information content (AvgIpc) is 2.43. The van der Waals surface area contributed by atoms with E-state index >= 15 is 0 Å². The maximum atomic E-state index is 5.55. The summed E-state index contributed by atoms with van der Waals surface area (Å²) in [6.45, 7) is 11.8. The molecule has 1 saturated heterocycles. The minimum Gasteiger partial charge on any atom is -0.346 e. The summed E-state index contributed by atoms with van der Waals surface area (Å²) in [5, 5.41) is 4.27. The topological polar surface area (TPSA) is 18.5 Å². The van der Waals surface area contributed by atoms with Gasteiger partial charge in [-0.3, -0.25) is 0 Å². The number of rotatable bonds is 2. The first kappa shape index (κ1) is 14.3. The third-order valence-electron chi connectivity index (χ3n) is 3.82. The van der Waals surface area contributed by atoms with Gasteiger partial charge in [-0.25, -0.2) is 0 Å². The Morgan fingerprint density at radius 1 is 1.16 bits per heavy atom. The van der Waals surface area contributed by atoms with E-state index in [0.717, 1.165) is 43.5 Å². The van der Waals surface area contributed by atoms with E-state index in [1.165, 1.54) is 11.1 Å². The molecule has 0 amide bonds. The SMILES string of the molecule is CCN1CCN(C(=S)Nc2c(C)cccc2C)CC1. The van der Waals surface area contributed by atoms with Gasteiger partial charge < -0.3 is 15.1 Å². The zero-order valence-corrected chi connectivity index (χ0v) is 12.9. The van der Waals surface area contributed by atoms with Crippen LogP contribution in [0.2, 0.25) is 0 Å². The van der Waals surface area contributed by atoms with Crippen molar-refractivity contribution in [3.05, 3.63) is 29.3 Å². The van der Waals surface area contributed by atoms with Gasteiger partial charge in [0.2, 0.25) is 0 Å². The van der Waals surface area contributed by atoms with Crippen molar-refractivity contribution in [3.8, 4) is 0 Å². The summed E-state index contributed by atoms with van der Waals surface area (Å²) in [4.78, 5) is 4.73. The van der Waals surface area contributed by atoms with Crippen molar-refractivity contribution in [1.82, 2.24) is 9.80 Å². The van der Waals surface area contributed by atoms with E-state index in [9.17, 15) is 0 Å². The summed E-state index contributed by atoms with van der Waals surface area (Å²) in [7, 11) is 0. The third-order valence-corrected chi connectivity index (χ3v) is 4.18. The van der Waals surface area contributed by atoms with E-state index in [1.54, 1.807) is 0 Å². The highest BCUT2D eigenvalue weighted by Crippen LogP contribution is 2.20. The van der Waals surface area contributed by atoms with Crippen LogP contribution in [0.3, 0.4) is 0 Å². The molecule has 0 bridgehead atoms. The molecule has 1 aromatic carbocycles. The summed E-state index contributed by atoms with van der Waals surface area (Å²) in [6, 6.07) is 6.32. The Morgan fingerprint density at radius 2 is 1.74 bits per heavy atom. The molecule has 2 rings (SSSR count). The Labute approximate surface area is 121 Å². The van der Waals surface area contributed by atoms with E-state index < -0.39 is 0 Å². The number of para-hydroxylation sites is 1. The second-order valence-electron chi connectivity index (χ2n) is 5.12. The number of aryl methyl sites for hydroxylation is 2. The third kappa shape index (κ3) is 3.45. The van der Waals surface area contributed by atoms with Crippen LogP contribution in [-0.2, 0) is 0 Å². The molecule has 104 valence electrons. The summed E-state index contributed by atoms with van der Waals surface area (Å²) >= 11 is 5.55. The fourth-order valence-electron chi connectivity index (χ4n) is 2.46. The van der Waals surface area contributed by atoms with E-state index in [2.05, 4.69) is 54.1 Å². The van der Waals surface area contributed by atoms with Gasteiger partial charge >= 0.3 is 0 Å². The smallest absolute Gasteiger partial charge is 0.173 e. The fourth-order valence-corrected chi connectivity index (χ4v) is 2.75. The van der Waals surface area contributed by atoms with E-state index in [4.69, 9.17) is 12.2 Å². The number of nitrogens with one attached hydrogen (secondary N) is 1. The minimum absolute atomic E-state index is 0.855. The number of benzene rings is 1. The van der Waals surface area contributed by atoms with Crippen molar-refractivity contribution >= 4 is 23.0 Å². The van der Waals surface area contributed by atoms with Gasteiger partial charge in [0.05, 0.1) is 0 Å². The maximum Gasteiger partial charge on any atom is 0.173 e. The molecule has 0 aromatic heterocycles. The number of anilines is 1. The lowest BCUT2D eigenvalue weighted by Gasteiger charge is -2.35. The number of hydrogen-bond acceptors (Lipinski definition) is 2. The van der Waals surface area contributed by atoms with Crippen LogP contribution in [0.15, 0.2) is 18.2 Å². The first-order chi connectivity index (χ1) is 9.11. The molecule has 1 N–H and O–H groups in total. The molecule has 0 spiro atoms. The molecule has 1 fully saturated rings. The van der Waals surface area contributed by atoms with Gasteiger partial charge in [0, 0.05) is 31.9 Å². The molecule has 0 aliphatic carbocycles. The lowest BCUT2D eigenvalue weighted by molar-refractivity contribution is 0.191. The molecule has 0 unspecified atom stereocenters. The lowest BCUT2D eigenvalue weighted by Crippen LogP contribution is -2.49. The molecule has 1 aliphatic heterocycles. The first-order valence-electron chi connectivity index (χ1n) is 6.96. The minimum atomic E-state index is 0.855. The van der Waals surface area contributed by atoms with Crippen molar-refractivity contribution < 1.29 is 0 Å². The molecule has 1 heterocycles. The van der Waals surface area contributed by atoms with Crippen molar-refractivity contribution in [3.63, 3.8) is 0 Å². The van der Waals surface area contributed by atoms with Crippen LogP contribution in [0.1, 0.15) is 18.1 Å². The van der Waals surface area contributed by atoms with Crippen LogP contribution in [0.4, 0.5) is 5.69 Å². The molecule has 0 saturated carbocycles. The summed E-state index contributed by atoms with van der Waals surface area (Å²) in [5.41, 5.74) is 3.65. The molecule has 0 radical (unpaired) electrons. The highest BCUT2D eigenvalue weighted by molar-refractivity contribution is 7.80. The molecule has 1 aliphatic rings. The maximum absolute atomic E-state index is 5.55. The second-order valence-corrected chi connectivity index (χ2v) is 5.50. The lowest BCUT2D eigenvalue weighted by atomic mass is 10.1. The van der Waals surface area contributed by atoms with Crippen molar-refractivity contribution in [2.24, 2.45) is 0 Å². The van der Waals surface area contributed by atoms with E-state index in [-0.39, 0.29) is 0 Å². The normalized spacial score (nSPS) is 16.5. The predicted molar refractivity (Wildman–Crippen MR) is 85.8 cm³/mol. The number of likely N-dealkylation sites (N-methyl/N-ethyl adjacent to an activating group) is 1. The fraction of sp³-hybridized carbons (Fsp3) is 0.533. The van der Waals surface area contributed by atoms with Crippen molar-refractivity contribution in [2.75, 3.05) is 38.0 Å². The van der Waals surface area contributed by atoms with Crippen LogP contribution >= 0.6 is 12.2 Å². The van der Waals surface area contributed by atoms with Gasteiger partial charge in [-0.05, 0) is 43.7 Å². The van der Waals surface area contributed by atoms with Crippen LogP contribution in [0.25, 0.3) is 0 Å². The zero-order valence-electron chi connectivity index (χ0n) is 12.1.